The minimum Gasteiger partial charge on any atom is -0.467 e. The van der Waals surface area contributed by atoms with E-state index in [0.29, 0.717) is 35.4 Å². The fourth-order valence-electron chi connectivity index (χ4n) is 3.82. The van der Waals surface area contributed by atoms with Crippen molar-refractivity contribution in [2.24, 2.45) is 0 Å². The molecule has 0 fully saturated rings. The largest absolute Gasteiger partial charge is 0.467 e. The van der Waals surface area contributed by atoms with Crippen LogP contribution in [0, 0.1) is 0 Å². The molecule has 0 saturated carbocycles. The highest BCUT2D eigenvalue weighted by molar-refractivity contribution is 6.05. The first kappa shape index (κ1) is 20.8. The summed E-state index contributed by atoms with van der Waals surface area (Å²) in [7, 11) is 0. The van der Waals surface area contributed by atoms with E-state index >= 15 is 0 Å². The summed E-state index contributed by atoms with van der Waals surface area (Å²) in [4.78, 5) is 28.8. The molecule has 0 saturated heterocycles. The number of nitrogens with zero attached hydrogens (tertiary/aromatic N) is 2. The van der Waals surface area contributed by atoms with E-state index in [1.54, 1.807) is 34.9 Å². The summed E-state index contributed by atoms with van der Waals surface area (Å²) in [5.41, 5.74) is 1.53. The molecule has 33 heavy (non-hydrogen) atoms. The third-order valence-electron chi connectivity index (χ3n) is 5.46. The van der Waals surface area contributed by atoms with E-state index in [1.807, 2.05) is 0 Å². The normalized spacial score (nSPS) is 13.6. The van der Waals surface area contributed by atoms with E-state index in [-0.39, 0.29) is 23.9 Å². The van der Waals surface area contributed by atoms with Gasteiger partial charge in [-0.2, -0.15) is 13.2 Å². The molecule has 2 aromatic carbocycles. The van der Waals surface area contributed by atoms with Gasteiger partial charge in [0.2, 0.25) is 11.9 Å². The Morgan fingerprint density at radius 1 is 1.15 bits per heavy atom. The second kappa shape index (κ2) is 7.80. The van der Waals surface area contributed by atoms with Gasteiger partial charge < -0.3 is 14.3 Å². The Kier molecular flexibility index (Phi) is 4.92. The summed E-state index contributed by atoms with van der Waals surface area (Å²) >= 11 is 0. The Hall–Kier alpha value is -4.08. The van der Waals surface area contributed by atoms with Crippen LogP contribution in [-0.4, -0.2) is 21.4 Å². The van der Waals surface area contributed by atoms with Crippen LogP contribution < -0.4 is 10.6 Å². The number of nitrogens with one attached hydrogen (secondary N) is 2. The van der Waals surface area contributed by atoms with E-state index in [0.717, 1.165) is 17.7 Å². The van der Waals surface area contributed by atoms with E-state index in [1.165, 1.54) is 12.3 Å². The van der Waals surface area contributed by atoms with Crippen LogP contribution in [0.2, 0.25) is 0 Å². The number of benzene rings is 2. The quantitative estimate of drug-likeness (QED) is 0.462. The van der Waals surface area contributed by atoms with Crippen LogP contribution in [0.5, 0.6) is 0 Å². The summed E-state index contributed by atoms with van der Waals surface area (Å²) in [5, 5.41) is 5.46. The third kappa shape index (κ3) is 4.07. The van der Waals surface area contributed by atoms with Crippen molar-refractivity contribution in [2.45, 2.75) is 25.6 Å². The molecule has 7 nitrogen and oxygen atoms in total. The Morgan fingerprint density at radius 3 is 2.76 bits per heavy atom. The molecule has 0 atom stereocenters. The van der Waals surface area contributed by atoms with E-state index in [9.17, 15) is 22.8 Å². The zero-order valence-electron chi connectivity index (χ0n) is 17.1. The van der Waals surface area contributed by atoms with Crippen molar-refractivity contribution in [3.63, 3.8) is 0 Å². The van der Waals surface area contributed by atoms with Crippen LogP contribution in [0.25, 0.3) is 11.0 Å². The minimum absolute atomic E-state index is 0.0791. The number of hydrogen-bond donors (Lipinski definition) is 2. The molecule has 0 unspecified atom stereocenters. The number of aryl methyl sites for hydroxylation is 1. The van der Waals surface area contributed by atoms with Crippen LogP contribution >= 0.6 is 0 Å². The third-order valence-corrected chi connectivity index (χ3v) is 5.46. The number of furan rings is 1. The van der Waals surface area contributed by atoms with E-state index in [4.69, 9.17) is 4.42 Å². The summed E-state index contributed by atoms with van der Waals surface area (Å²) in [6.07, 6.45) is -2.18. The molecule has 0 bridgehead atoms. The van der Waals surface area contributed by atoms with Gasteiger partial charge in [0.1, 0.15) is 5.76 Å². The second-order valence-corrected chi connectivity index (χ2v) is 7.68. The maximum absolute atomic E-state index is 13.2. The zero-order valence-corrected chi connectivity index (χ0v) is 17.1. The first-order chi connectivity index (χ1) is 15.8. The number of imidazole rings is 1. The molecule has 5 rings (SSSR count). The van der Waals surface area contributed by atoms with Gasteiger partial charge in [-0.1, -0.05) is 0 Å². The molecule has 3 heterocycles. The maximum atomic E-state index is 13.2. The predicted molar refractivity (Wildman–Crippen MR) is 114 cm³/mol. The van der Waals surface area contributed by atoms with Crippen molar-refractivity contribution in [3.05, 3.63) is 77.2 Å². The van der Waals surface area contributed by atoms with E-state index < -0.39 is 17.6 Å². The molecule has 1 aliphatic rings. The molecule has 0 aliphatic carbocycles. The summed E-state index contributed by atoms with van der Waals surface area (Å²) in [5.74, 6) is 0.0947. The topological polar surface area (TPSA) is 89.2 Å². The number of amides is 2. The molecule has 0 spiro atoms. The molecule has 168 valence electrons. The van der Waals surface area contributed by atoms with Gasteiger partial charge >= 0.3 is 6.18 Å². The standard InChI is InChI=1S/C23H17F3N4O3/c24-23(25,26)15-5-7-19-18(11-15)28-22(30(19)12-16-2-1-9-33-16)29-21(32)14-3-6-17-13(10-14)4-8-20(31)27-17/h1-3,5-7,9-11H,4,8,12H2,(H,27,31)(H,28,29,32). The number of hydrogen-bond acceptors (Lipinski definition) is 4. The highest BCUT2D eigenvalue weighted by atomic mass is 19.4. The van der Waals surface area contributed by atoms with Crippen LogP contribution in [0.4, 0.5) is 24.8 Å². The van der Waals surface area contributed by atoms with Crippen LogP contribution in [-0.2, 0) is 23.9 Å². The average Bonchev–Trinajstić information content (AvgIpc) is 3.41. The SMILES string of the molecule is O=C1CCc2cc(C(=O)Nc3nc4cc(C(F)(F)F)ccc4n3Cc3ccco3)ccc2N1. The van der Waals surface area contributed by atoms with Gasteiger partial charge in [0.05, 0.1) is 29.4 Å². The Balaban J connectivity index is 1.51. The van der Waals surface area contributed by atoms with Crippen molar-refractivity contribution in [3.8, 4) is 0 Å². The summed E-state index contributed by atoms with van der Waals surface area (Å²) < 4.78 is 46.5. The van der Waals surface area contributed by atoms with Gasteiger partial charge in [-0.3, -0.25) is 14.9 Å². The van der Waals surface area contributed by atoms with Crippen molar-refractivity contribution in [2.75, 3.05) is 10.6 Å². The molecule has 1 aliphatic heterocycles. The van der Waals surface area contributed by atoms with Crippen LogP contribution in [0.15, 0.2) is 59.2 Å². The van der Waals surface area contributed by atoms with Crippen molar-refractivity contribution in [1.29, 1.82) is 0 Å². The van der Waals surface area contributed by atoms with Gasteiger partial charge in [0, 0.05) is 17.7 Å². The van der Waals surface area contributed by atoms with Gasteiger partial charge in [0.25, 0.3) is 5.91 Å². The smallest absolute Gasteiger partial charge is 0.416 e. The number of anilines is 2. The minimum atomic E-state index is -4.51. The Morgan fingerprint density at radius 2 is 2.00 bits per heavy atom. The van der Waals surface area contributed by atoms with Gasteiger partial charge in [-0.05, 0) is 60.5 Å². The average molecular weight is 454 g/mol. The first-order valence-corrected chi connectivity index (χ1v) is 10.1. The molecular weight excluding hydrogens is 437 g/mol. The number of halogens is 3. The van der Waals surface area contributed by atoms with Gasteiger partial charge in [-0.15, -0.1) is 0 Å². The number of carbonyl (C=O) groups excluding carboxylic acids is 2. The van der Waals surface area contributed by atoms with Crippen molar-refractivity contribution < 1.29 is 27.2 Å². The monoisotopic (exact) mass is 454 g/mol. The predicted octanol–water partition coefficient (Wildman–Crippen LogP) is 4.83. The lowest BCUT2D eigenvalue weighted by molar-refractivity contribution is -0.137. The molecule has 2 amide bonds. The highest BCUT2D eigenvalue weighted by Gasteiger charge is 2.31. The summed E-state index contributed by atoms with van der Waals surface area (Å²) in [6.45, 7) is 0.167. The second-order valence-electron chi connectivity index (χ2n) is 7.68. The highest BCUT2D eigenvalue weighted by Crippen LogP contribution is 2.32. The number of aromatic nitrogens is 2. The number of carbonyl (C=O) groups is 2. The van der Waals surface area contributed by atoms with Gasteiger partial charge in [-0.25, -0.2) is 4.98 Å². The summed E-state index contributed by atoms with van der Waals surface area (Å²) in [6, 6.07) is 11.6. The number of rotatable bonds is 4. The van der Waals surface area contributed by atoms with E-state index in [2.05, 4.69) is 15.6 Å². The Labute approximate surface area is 185 Å². The number of fused-ring (bicyclic) bond motifs is 2. The lowest BCUT2D eigenvalue weighted by Crippen LogP contribution is -2.20. The lowest BCUT2D eigenvalue weighted by Gasteiger charge is -2.17. The maximum Gasteiger partial charge on any atom is 0.416 e. The van der Waals surface area contributed by atoms with Crippen LogP contribution in [0.1, 0.15) is 33.7 Å². The fourth-order valence-corrected chi connectivity index (χ4v) is 3.82. The van der Waals surface area contributed by atoms with Crippen molar-refractivity contribution >= 4 is 34.5 Å². The molecule has 10 heteroatoms. The van der Waals surface area contributed by atoms with Gasteiger partial charge in [0.15, 0.2) is 0 Å². The Bertz CT molecular complexity index is 1370. The van der Waals surface area contributed by atoms with Crippen molar-refractivity contribution in [1.82, 2.24) is 9.55 Å². The lowest BCUT2D eigenvalue weighted by atomic mass is 10.0. The first-order valence-electron chi connectivity index (χ1n) is 10.1. The molecule has 4 aromatic rings. The number of alkyl halides is 3. The molecule has 0 radical (unpaired) electrons. The fraction of sp³-hybridized carbons (Fsp3) is 0.174. The molecule has 2 N–H and O–H groups in total. The molecular formula is C23H17F3N4O3. The zero-order chi connectivity index (χ0) is 23.2. The van der Waals surface area contributed by atoms with Crippen LogP contribution in [0.3, 0.4) is 0 Å². The molecule has 2 aromatic heterocycles.